The third kappa shape index (κ3) is 15.7. The molecule has 0 spiro atoms. The standard InChI is InChI=1S/C4H10O2.2Na.2H/c1-4(6)2-3-5;;;;/h4-6H,2-3H2,1H3;;;;/q;2*+1;2*-1. The second-order valence-electron chi connectivity index (χ2n) is 1.36. The Labute approximate surface area is 97.2 Å². The van der Waals surface area contributed by atoms with Crippen LogP contribution in [0.4, 0.5) is 0 Å². The van der Waals surface area contributed by atoms with Gasteiger partial charge in [0.05, 0.1) is 6.10 Å². The van der Waals surface area contributed by atoms with E-state index >= 15 is 0 Å². The van der Waals surface area contributed by atoms with Crippen LogP contribution in [0.3, 0.4) is 0 Å². The maximum atomic E-state index is 8.39. The van der Waals surface area contributed by atoms with E-state index in [0.717, 1.165) is 0 Å². The Morgan fingerprint density at radius 3 is 1.88 bits per heavy atom. The van der Waals surface area contributed by atoms with Gasteiger partial charge in [0.25, 0.3) is 0 Å². The number of aliphatic hydroxyl groups excluding tert-OH is 2. The van der Waals surface area contributed by atoms with E-state index in [1.165, 1.54) is 0 Å². The van der Waals surface area contributed by atoms with Crippen molar-refractivity contribution in [1.82, 2.24) is 0 Å². The summed E-state index contributed by atoms with van der Waals surface area (Å²) in [4.78, 5) is 0. The van der Waals surface area contributed by atoms with E-state index in [0.29, 0.717) is 6.42 Å². The molecule has 42 valence electrons. The van der Waals surface area contributed by atoms with E-state index < -0.39 is 0 Å². The van der Waals surface area contributed by atoms with Gasteiger partial charge in [0.15, 0.2) is 0 Å². The van der Waals surface area contributed by atoms with Crippen LogP contribution < -0.4 is 59.1 Å². The van der Waals surface area contributed by atoms with E-state index in [4.69, 9.17) is 10.2 Å². The quantitative estimate of drug-likeness (QED) is 0.373. The Balaban J connectivity index is -0.0000000208. The Kier molecular flexibility index (Phi) is 24.1. The summed E-state index contributed by atoms with van der Waals surface area (Å²) in [6, 6.07) is 0. The van der Waals surface area contributed by atoms with E-state index in [-0.39, 0.29) is 74.7 Å². The van der Waals surface area contributed by atoms with Gasteiger partial charge in [-0.15, -0.1) is 0 Å². The average Bonchev–Trinajstić information content (AvgIpc) is 1.35. The van der Waals surface area contributed by atoms with Crippen LogP contribution in [0.1, 0.15) is 16.2 Å². The van der Waals surface area contributed by atoms with E-state index in [1.54, 1.807) is 6.92 Å². The molecule has 0 bridgehead atoms. The van der Waals surface area contributed by atoms with Crippen LogP contribution in [0.2, 0.25) is 0 Å². The maximum absolute atomic E-state index is 8.39. The zero-order valence-electron chi connectivity index (χ0n) is 7.89. The first-order valence-corrected chi connectivity index (χ1v) is 2.06. The molecule has 0 heterocycles. The van der Waals surface area contributed by atoms with Crippen molar-refractivity contribution in [3.63, 3.8) is 0 Å². The van der Waals surface area contributed by atoms with Crippen molar-refractivity contribution in [2.75, 3.05) is 6.61 Å². The summed E-state index contributed by atoms with van der Waals surface area (Å²) in [5.74, 6) is 0. The van der Waals surface area contributed by atoms with Crippen LogP contribution in [0.25, 0.3) is 0 Å². The fourth-order valence-corrected chi connectivity index (χ4v) is 0.187. The van der Waals surface area contributed by atoms with Gasteiger partial charge < -0.3 is 13.1 Å². The minimum absolute atomic E-state index is 0. The van der Waals surface area contributed by atoms with Crippen molar-refractivity contribution in [3.8, 4) is 0 Å². The molecule has 2 nitrogen and oxygen atoms in total. The molecule has 0 amide bonds. The fourth-order valence-electron chi connectivity index (χ4n) is 0.187. The molecule has 8 heavy (non-hydrogen) atoms. The molecule has 0 aromatic heterocycles. The van der Waals surface area contributed by atoms with Crippen LogP contribution in [0.5, 0.6) is 0 Å². The molecule has 2 N–H and O–H groups in total. The van der Waals surface area contributed by atoms with Crippen molar-refractivity contribution in [1.29, 1.82) is 0 Å². The Hall–Kier alpha value is 1.92. The predicted octanol–water partition coefficient (Wildman–Crippen LogP) is -6.02. The number of hydrogen-bond acceptors (Lipinski definition) is 2. The Morgan fingerprint density at radius 2 is 1.88 bits per heavy atom. The molecule has 0 saturated carbocycles. The SMILES string of the molecule is CC(O)CCO.[H-].[H-].[Na+].[Na+]. The topological polar surface area (TPSA) is 40.5 Å². The van der Waals surface area contributed by atoms with Gasteiger partial charge in [-0.05, 0) is 13.3 Å². The van der Waals surface area contributed by atoms with Gasteiger partial charge >= 0.3 is 59.1 Å². The van der Waals surface area contributed by atoms with Crippen LogP contribution in [-0.2, 0) is 0 Å². The van der Waals surface area contributed by atoms with Crippen molar-refractivity contribution in [2.45, 2.75) is 19.4 Å². The summed E-state index contributed by atoms with van der Waals surface area (Å²) in [5.41, 5.74) is 0. The van der Waals surface area contributed by atoms with Crippen molar-refractivity contribution < 1.29 is 72.2 Å². The number of rotatable bonds is 2. The minimum Gasteiger partial charge on any atom is -1.00 e. The van der Waals surface area contributed by atoms with Crippen LogP contribution in [-0.4, -0.2) is 22.9 Å². The largest absolute Gasteiger partial charge is 1.00 e. The van der Waals surface area contributed by atoms with Crippen LogP contribution >= 0.6 is 0 Å². The van der Waals surface area contributed by atoms with Crippen LogP contribution in [0, 0.1) is 0 Å². The van der Waals surface area contributed by atoms with E-state index in [2.05, 4.69) is 0 Å². The summed E-state index contributed by atoms with van der Waals surface area (Å²) in [6.07, 6.45) is 0.134. The van der Waals surface area contributed by atoms with Crippen LogP contribution in [0.15, 0.2) is 0 Å². The van der Waals surface area contributed by atoms with Gasteiger partial charge in [-0.25, -0.2) is 0 Å². The molecule has 0 fully saturated rings. The molecular formula is C4H12Na2O2. The van der Waals surface area contributed by atoms with Gasteiger partial charge in [-0.3, -0.25) is 0 Å². The Bertz CT molecular complexity index is 40.4. The molecule has 4 heteroatoms. The molecule has 0 rings (SSSR count). The fraction of sp³-hybridized carbons (Fsp3) is 1.00. The van der Waals surface area contributed by atoms with Crippen molar-refractivity contribution in [2.24, 2.45) is 0 Å². The van der Waals surface area contributed by atoms with Gasteiger partial charge in [0.1, 0.15) is 0 Å². The molecule has 0 aliphatic carbocycles. The van der Waals surface area contributed by atoms with Gasteiger partial charge in [-0.1, -0.05) is 0 Å². The molecule has 1 unspecified atom stereocenters. The van der Waals surface area contributed by atoms with E-state index in [9.17, 15) is 0 Å². The van der Waals surface area contributed by atoms with Gasteiger partial charge in [0, 0.05) is 6.61 Å². The first-order valence-electron chi connectivity index (χ1n) is 2.06. The zero-order valence-corrected chi connectivity index (χ0v) is 9.89. The average molecular weight is 138 g/mol. The van der Waals surface area contributed by atoms with Crippen molar-refractivity contribution >= 4 is 0 Å². The molecule has 0 aromatic carbocycles. The number of aliphatic hydroxyl groups is 2. The summed E-state index contributed by atoms with van der Waals surface area (Å²) in [5, 5.41) is 16.5. The number of hydrogen-bond donors (Lipinski definition) is 2. The first-order chi connectivity index (χ1) is 2.77. The predicted molar refractivity (Wildman–Crippen MR) is 25.6 cm³/mol. The monoisotopic (exact) mass is 138 g/mol. The molecular weight excluding hydrogens is 126 g/mol. The molecule has 0 aromatic rings. The second-order valence-corrected chi connectivity index (χ2v) is 1.36. The second kappa shape index (κ2) is 11.7. The Morgan fingerprint density at radius 1 is 1.50 bits per heavy atom. The normalized spacial score (nSPS) is 10.9. The smallest absolute Gasteiger partial charge is 1.00 e. The molecule has 0 radical (unpaired) electrons. The van der Waals surface area contributed by atoms with Gasteiger partial charge in [-0.2, -0.15) is 0 Å². The summed E-state index contributed by atoms with van der Waals surface area (Å²) in [6.45, 7) is 1.73. The summed E-state index contributed by atoms with van der Waals surface area (Å²) >= 11 is 0. The molecule has 1 atom stereocenters. The van der Waals surface area contributed by atoms with Crippen molar-refractivity contribution in [3.05, 3.63) is 0 Å². The third-order valence-corrected chi connectivity index (χ3v) is 0.547. The summed E-state index contributed by atoms with van der Waals surface area (Å²) < 4.78 is 0. The molecule has 0 aliphatic heterocycles. The minimum atomic E-state index is -0.352. The zero-order chi connectivity index (χ0) is 4.99. The molecule has 0 aliphatic rings. The summed E-state index contributed by atoms with van der Waals surface area (Å²) in [7, 11) is 0. The molecule has 0 saturated heterocycles. The van der Waals surface area contributed by atoms with E-state index in [1.807, 2.05) is 0 Å². The van der Waals surface area contributed by atoms with Gasteiger partial charge in [0.2, 0.25) is 0 Å². The first kappa shape index (κ1) is 16.5. The maximum Gasteiger partial charge on any atom is 1.00 e. The third-order valence-electron chi connectivity index (χ3n) is 0.547.